The molecule has 0 radical (unpaired) electrons. The van der Waals surface area contributed by atoms with Crippen LogP contribution in [0.5, 0.6) is 0 Å². The van der Waals surface area contributed by atoms with Crippen LogP contribution in [0.4, 0.5) is 0 Å². The lowest BCUT2D eigenvalue weighted by Gasteiger charge is -2.45. The maximum absolute atomic E-state index is 9.70. The lowest BCUT2D eigenvalue weighted by molar-refractivity contribution is 0.0856. The van der Waals surface area contributed by atoms with Crippen molar-refractivity contribution in [3.8, 4) is 11.1 Å². The maximum Gasteiger partial charge on any atom is 0.136 e. The lowest BCUT2D eigenvalue weighted by Crippen LogP contribution is -2.62. The van der Waals surface area contributed by atoms with Crippen LogP contribution < -0.4 is 16.0 Å². The SMILES string of the molecule is [2H]C1C([2H])C([2H])C2C(CC3C([2H])C(C4NC(c5ccccc5)NC(c5ccc6c(c5)oc5cc(-c7cccc8c7CCCC8)ccc56)N4)C([2H])C([2H])C32)C1[2H]. The van der Waals surface area contributed by atoms with E-state index in [1.807, 2.05) is 18.2 Å². The fraction of sp³-hybridized carbons (Fsp3) is 0.455. The highest BCUT2D eigenvalue weighted by molar-refractivity contribution is 6.06. The molecule has 0 bridgehead atoms. The molecule has 4 heteroatoms. The molecular weight excluding hydrogens is 587 g/mol. The van der Waals surface area contributed by atoms with Gasteiger partial charge in [-0.3, -0.25) is 16.0 Å². The molecule has 3 N–H and O–H groups in total. The fourth-order valence-corrected chi connectivity index (χ4v) is 9.50. The predicted octanol–water partition coefficient (Wildman–Crippen LogP) is 10.2. The van der Waals surface area contributed by atoms with E-state index < -0.39 is 56.9 Å². The van der Waals surface area contributed by atoms with Gasteiger partial charge < -0.3 is 4.42 Å². The van der Waals surface area contributed by atoms with E-state index in [9.17, 15) is 4.11 Å². The second-order valence-corrected chi connectivity index (χ2v) is 14.6. The Labute approximate surface area is 294 Å². The van der Waals surface area contributed by atoms with E-state index in [4.69, 9.17) is 9.90 Å². The molecule has 5 aliphatic rings. The van der Waals surface area contributed by atoms with Crippen LogP contribution in [-0.4, -0.2) is 6.17 Å². The first-order chi connectivity index (χ1) is 26.7. The van der Waals surface area contributed by atoms with E-state index in [0.717, 1.165) is 45.9 Å². The summed E-state index contributed by atoms with van der Waals surface area (Å²) in [5.41, 5.74) is 9.04. The molecule has 1 aliphatic heterocycles. The highest BCUT2D eigenvalue weighted by Gasteiger charge is 2.48. The Morgan fingerprint density at radius 2 is 1.42 bits per heavy atom. The second-order valence-electron chi connectivity index (χ2n) is 14.6. The summed E-state index contributed by atoms with van der Waals surface area (Å²) in [7, 11) is 0. The summed E-state index contributed by atoms with van der Waals surface area (Å²) >= 11 is 0. The van der Waals surface area contributed by atoms with E-state index in [1.54, 1.807) is 0 Å². The topological polar surface area (TPSA) is 49.2 Å². The van der Waals surface area contributed by atoms with Gasteiger partial charge in [0.15, 0.2) is 0 Å². The van der Waals surface area contributed by atoms with Gasteiger partial charge in [-0.15, -0.1) is 0 Å². The number of hydrogen-bond acceptors (Lipinski definition) is 4. The van der Waals surface area contributed by atoms with Gasteiger partial charge in [0.1, 0.15) is 11.2 Å². The van der Waals surface area contributed by atoms with Crippen molar-refractivity contribution in [2.24, 2.45) is 29.6 Å². The first kappa shape index (κ1) is 23.1. The molecule has 15 atom stereocenters. The molecule has 4 fully saturated rings. The van der Waals surface area contributed by atoms with Crippen LogP contribution in [0.15, 0.2) is 89.3 Å². The van der Waals surface area contributed by atoms with Crippen LogP contribution in [0.1, 0.15) is 108 Å². The normalized spacial score (nSPS) is 44.6. The molecule has 0 spiro atoms. The van der Waals surface area contributed by atoms with E-state index in [1.165, 1.54) is 35.1 Å². The Hall–Kier alpha value is -3.44. The van der Waals surface area contributed by atoms with Gasteiger partial charge in [-0.1, -0.05) is 85.9 Å². The zero-order valence-electron chi connectivity index (χ0n) is 34.2. The average molecular weight is 643 g/mol. The van der Waals surface area contributed by atoms with E-state index >= 15 is 0 Å². The Bertz CT molecular complexity index is 2220. The zero-order valence-corrected chi connectivity index (χ0v) is 27.2. The summed E-state index contributed by atoms with van der Waals surface area (Å²) in [6, 6.07) is 29.7. The summed E-state index contributed by atoms with van der Waals surface area (Å²) < 4.78 is 69.9. The van der Waals surface area contributed by atoms with Crippen LogP contribution >= 0.6 is 0 Å². The van der Waals surface area contributed by atoms with Gasteiger partial charge in [-0.05, 0) is 139 Å². The van der Waals surface area contributed by atoms with Crippen LogP contribution in [0.2, 0.25) is 0 Å². The Morgan fingerprint density at radius 3 is 2.33 bits per heavy atom. The third-order valence-electron chi connectivity index (χ3n) is 11.9. The molecule has 5 aromatic rings. The molecule has 1 saturated heterocycles. The minimum absolute atomic E-state index is 0.257. The third kappa shape index (κ3) is 5.14. The molecule has 48 heavy (non-hydrogen) atoms. The van der Waals surface area contributed by atoms with Gasteiger partial charge in [0, 0.05) is 20.4 Å². The van der Waals surface area contributed by atoms with Crippen molar-refractivity contribution in [1.82, 2.24) is 16.0 Å². The number of nitrogens with one attached hydrogen (secondary N) is 3. The molecule has 4 aliphatic carbocycles. The maximum atomic E-state index is 9.70. The average Bonchev–Trinajstić information content (AvgIpc) is 3.80. The van der Waals surface area contributed by atoms with Gasteiger partial charge in [-0.2, -0.15) is 0 Å². The van der Waals surface area contributed by atoms with E-state index in [2.05, 4.69) is 82.7 Å². The minimum atomic E-state index is -0.999. The standard InChI is InChI=1S/C44H49N3O/c1-2-10-28(11-3-1)42-45-43(31-18-20-37-33(24-31)23-29-12-5-7-15-35(29)37)47-44(46-42)32-19-22-39-38-21-17-30(25-40(38)48-41(39)26-32)36-16-8-13-27-9-4-6-14-34(27)36/h1-3,8,10-11,13,16-17,19,21-22,25-26,29,31,33,35,37,42-47H,4-7,9,12,14-15,18,20,23-24H2/i5D,7D,12D,15D,18D,20D,24D. The lowest BCUT2D eigenvalue weighted by atomic mass is 9.70. The molecule has 15 unspecified atom stereocenters. The summed E-state index contributed by atoms with van der Waals surface area (Å²) in [4.78, 5) is 0. The van der Waals surface area contributed by atoms with Crippen LogP contribution in [-0.2, 0) is 12.8 Å². The Kier molecular flexibility index (Phi) is 5.84. The zero-order chi connectivity index (χ0) is 37.7. The van der Waals surface area contributed by atoms with Crippen molar-refractivity contribution >= 4 is 21.9 Å². The largest absolute Gasteiger partial charge is 0.456 e. The number of furan rings is 1. The number of hydrogen-bond donors (Lipinski definition) is 3. The molecule has 10 rings (SSSR count). The number of fused-ring (bicyclic) bond motifs is 7. The minimum Gasteiger partial charge on any atom is -0.456 e. The Morgan fingerprint density at radius 1 is 0.625 bits per heavy atom. The van der Waals surface area contributed by atoms with Crippen molar-refractivity contribution < 1.29 is 14.0 Å². The smallest absolute Gasteiger partial charge is 0.136 e. The highest BCUT2D eigenvalue weighted by Crippen LogP contribution is 2.55. The van der Waals surface area contributed by atoms with Gasteiger partial charge in [0.2, 0.25) is 0 Å². The molecule has 2 heterocycles. The van der Waals surface area contributed by atoms with Crippen molar-refractivity contribution in [1.29, 1.82) is 0 Å². The first-order valence-electron chi connectivity index (χ1n) is 22.1. The quantitative estimate of drug-likeness (QED) is 0.183. The first-order valence-corrected chi connectivity index (χ1v) is 18.0. The van der Waals surface area contributed by atoms with Crippen molar-refractivity contribution in [3.63, 3.8) is 0 Å². The van der Waals surface area contributed by atoms with Crippen molar-refractivity contribution in [3.05, 3.63) is 107 Å². The van der Waals surface area contributed by atoms with Crippen LogP contribution in [0.25, 0.3) is 33.1 Å². The van der Waals surface area contributed by atoms with E-state index in [-0.39, 0.29) is 36.0 Å². The van der Waals surface area contributed by atoms with Gasteiger partial charge in [0.05, 0.1) is 18.5 Å². The molecular formula is C44H49N3O. The molecule has 4 aromatic carbocycles. The van der Waals surface area contributed by atoms with Gasteiger partial charge >= 0.3 is 0 Å². The van der Waals surface area contributed by atoms with Crippen molar-refractivity contribution in [2.45, 2.75) is 95.4 Å². The van der Waals surface area contributed by atoms with Crippen LogP contribution in [0.3, 0.4) is 0 Å². The molecule has 3 saturated carbocycles. The monoisotopic (exact) mass is 642 g/mol. The third-order valence-corrected chi connectivity index (χ3v) is 11.9. The highest BCUT2D eigenvalue weighted by atomic mass is 16.3. The Balaban J connectivity index is 0.976. The van der Waals surface area contributed by atoms with E-state index in [0.29, 0.717) is 6.42 Å². The molecule has 0 amide bonds. The van der Waals surface area contributed by atoms with Gasteiger partial charge in [-0.25, -0.2) is 0 Å². The molecule has 246 valence electrons. The molecule has 4 nitrogen and oxygen atoms in total. The second kappa shape index (κ2) is 12.2. The summed E-state index contributed by atoms with van der Waals surface area (Å²) in [5.74, 6) is -1.84. The van der Waals surface area contributed by atoms with Crippen molar-refractivity contribution in [2.75, 3.05) is 0 Å². The summed E-state index contributed by atoms with van der Waals surface area (Å²) in [5, 5.41) is 13.3. The fourth-order valence-electron chi connectivity index (χ4n) is 9.50. The predicted molar refractivity (Wildman–Crippen MR) is 195 cm³/mol. The number of rotatable bonds is 4. The number of aryl methyl sites for hydroxylation is 1. The number of benzene rings is 4. The summed E-state index contributed by atoms with van der Waals surface area (Å²) in [6.07, 6.45) is -1.95. The van der Waals surface area contributed by atoms with Crippen LogP contribution in [0, 0.1) is 29.6 Å². The summed E-state index contributed by atoms with van der Waals surface area (Å²) in [6.45, 7) is 0. The molecule has 1 aromatic heterocycles. The van der Waals surface area contributed by atoms with Gasteiger partial charge in [0.25, 0.3) is 0 Å².